The highest BCUT2D eigenvalue weighted by atomic mass is 79.9. The van der Waals surface area contributed by atoms with Gasteiger partial charge in [0.1, 0.15) is 5.75 Å². The number of aromatic nitrogens is 2. The van der Waals surface area contributed by atoms with E-state index in [2.05, 4.69) is 26.1 Å². The van der Waals surface area contributed by atoms with Crippen molar-refractivity contribution in [1.82, 2.24) is 10.2 Å². The summed E-state index contributed by atoms with van der Waals surface area (Å²) in [6, 6.07) is 5.88. The molecule has 0 radical (unpaired) electrons. The lowest BCUT2D eigenvalue weighted by Crippen LogP contribution is -1.99. The third-order valence-corrected chi connectivity index (χ3v) is 3.14. The Balaban J connectivity index is 2.66. The molecule has 0 spiro atoms. The van der Waals surface area contributed by atoms with Crippen LogP contribution in [0.1, 0.15) is 11.4 Å². The lowest BCUT2D eigenvalue weighted by atomic mass is 10.0. The summed E-state index contributed by atoms with van der Waals surface area (Å²) in [6.45, 7) is 2.37. The number of aryl methyl sites for hydroxylation is 1. The fourth-order valence-corrected chi connectivity index (χ4v) is 2.22. The van der Waals surface area contributed by atoms with E-state index in [1.807, 2.05) is 25.1 Å². The summed E-state index contributed by atoms with van der Waals surface area (Å²) in [5.41, 5.74) is 9.54. The molecule has 1 heterocycles. The van der Waals surface area contributed by atoms with Crippen molar-refractivity contribution in [1.29, 1.82) is 0 Å². The van der Waals surface area contributed by atoms with E-state index in [0.29, 0.717) is 6.54 Å². The molecule has 0 saturated carbocycles. The zero-order valence-electron chi connectivity index (χ0n) is 9.75. The van der Waals surface area contributed by atoms with E-state index in [-0.39, 0.29) is 0 Å². The van der Waals surface area contributed by atoms with Gasteiger partial charge in [0, 0.05) is 27.8 Å². The Morgan fingerprint density at radius 1 is 1.47 bits per heavy atom. The van der Waals surface area contributed by atoms with Gasteiger partial charge in [-0.15, -0.1) is 0 Å². The van der Waals surface area contributed by atoms with Gasteiger partial charge in [-0.2, -0.15) is 5.10 Å². The van der Waals surface area contributed by atoms with Crippen LogP contribution in [0.3, 0.4) is 0 Å². The van der Waals surface area contributed by atoms with E-state index >= 15 is 0 Å². The molecular weight excluding hydrogens is 282 g/mol. The molecule has 0 unspecified atom stereocenters. The molecule has 0 saturated heterocycles. The van der Waals surface area contributed by atoms with Crippen molar-refractivity contribution in [3.8, 4) is 16.9 Å². The van der Waals surface area contributed by atoms with Crippen molar-refractivity contribution in [2.24, 2.45) is 5.73 Å². The number of methoxy groups -OCH3 is 1. The van der Waals surface area contributed by atoms with Gasteiger partial charge in [-0.1, -0.05) is 15.9 Å². The van der Waals surface area contributed by atoms with Gasteiger partial charge in [-0.05, 0) is 25.1 Å². The van der Waals surface area contributed by atoms with Crippen molar-refractivity contribution >= 4 is 15.9 Å². The van der Waals surface area contributed by atoms with Crippen molar-refractivity contribution in [3.63, 3.8) is 0 Å². The summed E-state index contributed by atoms with van der Waals surface area (Å²) in [4.78, 5) is 0. The summed E-state index contributed by atoms with van der Waals surface area (Å²) < 4.78 is 6.37. The minimum absolute atomic E-state index is 0.398. The minimum atomic E-state index is 0.398. The maximum Gasteiger partial charge on any atom is 0.126 e. The van der Waals surface area contributed by atoms with E-state index in [4.69, 9.17) is 10.5 Å². The summed E-state index contributed by atoms with van der Waals surface area (Å²) in [6.07, 6.45) is 0. The second-order valence-corrected chi connectivity index (χ2v) is 4.63. The van der Waals surface area contributed by atoms with E-state index in [0.717, 1.165) is 32.7 Å². The van der Waals surface area contributed by atoms with Gasteiger partial charge in [-0.25, -0.2) is 0 Å². The highest BCUT2D eigenvalue weighted by molar-refractivity contribution is 9.10. The van der Waals surface area contributed by atoms with Crippen LogP contribution in [-0.4, -0.2) is 17.3 Å². The van der Waals surface area contributed by atoms with Crippen LogP contribution in [0, 0.1) is 6.92 Å². The lowest BCUT2D eigenvalue weighted by molar-refractivity contribution is 0.416. The van der Waals surface area contributed by atoms with E-state index < -0.39 is 0 Å². The van der Waals surface area contributed by atoms with Gasteiger partial charge in [0.05, 0.1) is 12.8 Å². The Bertz CT molecular complexity index is 537. The molecule has 90 valence electrons. The quantitative estimate of drug-likeness (QED) is 0.915. The maximum absolute atomic E-state index is 5.70. The van der Waals surface area contributed by atoms with Gasteiger partial charge in [0.25, 0.3) is 0 Å². The third-order valence-electron chi connectivity index (χ3n) is 2.65. The van der Waals surface area contributed by atoms with Gasteiger partial charge < -0.3 is 10.5 Å². The first kappa shape index (κ1) is 12.1. The van der Waals surface area contributed by atoms with Gasteiger partial charge in [0.15, 0.2) is 0 Å². The number of rotatable bonds is 3. The molecular formula is C12H14BrN3O. The second kappa shape index (κ2) is 4.89. The number of H-pyrrole nitrogens is 1. The lowest BCUT2D eigenvalue weighted by Gasteiger charge is -2.09. The summed E-state index contributed by atoms with van der Waals surface area (Å²) in [7, 11) is 1.66. The Labute approximate surface area is 108 Å². The highest BCUT2D eigenvalue weighted by Gasteiger charge is 2.15. The predicted octanol–water partition coefficient (Wildman–Crippen LogP) is 2.61. The molecule has 2 rings (SSSR count). The molecule has 0 atom stereocenters. The van der Waals surface area contributed by atoms with E-state index in [1.165, 1.54) is 0 Å². The number of halogens is 1. The van der Waals surface area contributed by atoms with Crippen molar-refractivity contribution in [2.75, 3.05) is 7.11 Å². The molecule has 17 heavy (non-hydrogen) atoms. The monoisotopic (exact) mass is 295 g/mol. The smallest absolute Gasteiger partial charge is 0.126 e. The normalized spacial score (nSPS) is 10.6. The van der Waals surface area contributed by atoms with E-state index in [1.54, 1.807) is 7.11 Å². The Kier molecular flexibility index (Phi) is 3.49. The number of nitrogens with zero attached hydrogens (tertiary/aromatic N) is 1. The number of nitrogens with one attached hydrogen (secondary N) is 1. The van der Waals surface area contributed by atoms with Crippen LogP contribution in [0.4, 0.5) is 0 Å². The van der Waals surface area contributed by atoms with Gasteiger partial charge >= 0.3 is 0 Å². The first-order valence-corrected chi connectivity index (χ1v) is 6.04. The third kappa shape index (κ3) is 2.21. The molecule has 1 aromatic heterocycles. The molecule has 3 N–H and O–H groups in total. The molecule has 0 amide bonds. The van der Waals surface area contributed by atoms with Crippen LogP contribution >= 0.6 is 15.9 Å². The molecule has 1 aromatic carbocycles. The summed E-state index contributed by atoms with van der Waals surface area (Å²) in [5, 5.41) is 7.15. The average Bonchev–Trinajstić information content (AvgIpc) is 2.70. The highest BCUT2D eigenvalue weighted by Crippen LogP contribution is 2.35. The number of hydrogen-bond acceptors (Lipinski definition) is 3. The molecule has 2 aromatic rings. The molecule has 0 aliphatic rings. The second-order valence-electron chi connectivity index (χ2n) is 3.72. The first-order chi connectivity index (χ1) is 8.17. The van der Waals surface area contributed by atoms with Crippen molar-refractivity contribution in [2.45, 2.75) is 13.5 Å². The Morgan fingerprint density at radius 3 is 2.88 bits per heavy atom. The number of hydrogen-bond donors (Lipinski definition) is 2. The average molecular weight is 296 g/mol. The fourth-order valence-electron chi connectivity index (χ4n) is 1.86. The Morgan fingerprint density at radius 2 is 2.24 bits per heavy atom. The fraction of sp³-hybridized carbons (Fsp3) is 0.250. The molecule has 0 aliphatic carbocycles. The Hall–Kier alpha value is -1.33. The minimum Gasteiger partial charge on any atom is -0.496 e. The SMILES string of the molecule is COc1ccc(Br)cc1-c1c(CN)n[nH]c1C. The van der Waals surface area contributed by atoms with Gasteiger partial charge in [0.2, 0.25) is 0 Å². The standard InChI is InChI=1S/C12H14BrN3O/c1-7-12(10(6-14)16-15-7)9-5-8(13)3-4-11(9)17-2/h3-5H,6,14H2,1-2H3,(H,15,16). The number of aromatic amines is 1. The molecule has 0 aliphatic heterocycles. The largest absolute Gasteiger partial charge is 0.496 e. The maximum atomic E-state index is 5.70. The van der Waals surface area contributed by atoms with E-state index in [9.17, 15) is 0 Å². The van der Waals surface area contributed by atoms with Crippen LogP contribution in [0.2, 0.25) is 0 Å². The van der Waals surface area contributed by atoms with Gasteiger partial charge in [-0.3, -0.25) is 5.10 Å². The van der Waals surface area contributed by atoms with Crippen LogP contribution in [0.5, 0.6) is 5.75 Å². The topological polar surface area (TPSA) is 63.9 Å². The van der Waals surface area contributed by atoms with Crippen LogP contribution in [0.25, 0.3) is 11.1 Å². The van der Waals surface area contributed by atoms with Crippen LogP contribution in [-0.2, 0) is 6.54 Å². The number of ether oxygens (including phenoxy) is 1. The molecule has 0 bridgehead atoms. The first-order valence-electron chi connectivity index (χ1n) is 5.25. The van der Waals surface area contributed by atoms with Crippen LogP contribution < -0.4 is 10.5 Å². The number of nitrogens with two attached hydrogens (primary N) is 1. The molecule has 4 nitrogen and oxygen atoms in total. The predicted molar refractivity (Wildman–Crippen MR) is 70.9 cm³/mol. The van der Waals surface area contributed by atoms with Crippen molar-refractivity contribution in [3.05, 3.63) is 34.1 Å². The summed E-state index contributed by atoms with van der Waals surface area (Å²) >= 11 is 3.46. The zero-order chi connectivity index (χ0) is 12.4. The zero-order valence-corrected chi connectivity index (χ0v) is 11.3. The molecule has 0 fully saturated rings. The number of benzene rings is 1. The summed E-state index contributed by atoms with van der Waals surface area (Å²) in [5.74, 6) is 0.812. The molecule has 5 heteroatoms. The van der Waals surface area contributed by atoms with Crippen molar-refractivity contribution < 1.29 is 4.74 Å². The van der Waals surface area contributed by atoms with Crippen LogP contribution in [0.15, 0.2) is 22.7 Å².